The van der Waals surface area contributed by atoms with E-state index in [4.69, 9.17) is 4.74 Å². The third kappa shape index (κ3) is 2.31. The highest BCUT2D eigenvalue weighted by Gasteiger charge is 2.19. The van der Waals surface area contributed by atoms with Crippen molar-refractivity contribution in [3.05, 3.63) is 40.7 Å². The van der Waals surface area contributed by atoms with Crippen LogP contribution in [0.2, 0.25) is 0 Å². The minimum atomic E-state index is 0.186. The summed E-state index contributed by atoms with van der Waals surface area (Å²) in [6.07, 6.45) is 0. The molecule has 0 radical (unpaired) electrons. The first-order valence-electron chi connectivity index (χ1n) is 6.88. The molecular weight excluding hydrogens is 250 g/mol. The molecule has 0 fully saturated rings. The van der Waals surface area contributed by atoms with Gasteiger partial charge in [0.15, 0.2) is 0 Å². The molecule has 4 nitrogen and oxygen atoms in total. The molecule has 108 valence electrons. The minimum Gasteiger partial charge on any atom is -0.496 e. The van der Waals surface area contributed by atoms with Crippen LogP contribution < -0.4 is 10.1 Å². The highest BCUT2D eigenvalue weighted by atomic mass is 16.5. The number of aromatic nitrogens is 2. The molecule has 0 saturated carbocycles. The number of benzene rings is 1. The second-order valence-electron chi connectivity index (χ2n) is 5.11. The lowest BCUT2D eigenvalue weighted by Gasteiger charge is -2.20. The number of ether oxygens (including phenoxy) is 1. The summed E-state index contributed by atoms with van der Waals surface area (Å²) < 4.78 is 7.54. The van der Waals surface area contributed by atoms with Gasteiger partial charge >= 0.3 is 0 Å². The van der Waals surface area contributed by atoms with Gasteiger partial charge in [-0.05, 0) is 52.4 Å². The molecule has 0 aliphatic rings. The third-order valence-electron chi connectivity index (χ3n) is 4.01. The van der Waals surface area contributed by atoms with Crippen LogP contribution in [0.25, 0.3) is 5.69 Å². The Bertz CT molecular complexity index is 616. The van der Waals surface area contributed by atoms with Crippen molar-refractivity contribution in [3.8, 4) is 11.4 Å². The summed E-state index contributed by atoms with van der Waals surface area (Å²) in [6.45, 7) is 8.37. The highest BCUT2D eigenvalue weighted by molar-refractivity contribution is 5.52. The molecule has 0 amide bonds. The van der Waals surface area contributed by atoms with E-state index in [1.54, 1.807) is 7.11 Å². The highest BCUT2D eigenvalue weighted by Crippen LogP contribution is 2.32. The van der Waals surface area contributed by atoms with E-state index in [1.165, 1.54) is 11.3 Å². The molecule has 1 aromatic heterocycles. The van der Waals surface area contributed by atoms with Gasteiger partial charge in [0.2, 0.25) is 0 Å². The van der Waals surface area contributed by atoms with Crippen LogP contribution in [-0.2, 0) is 0 Å². The average Bonchev–Trinajstić information content (AvgIpc) is 2.73. The van der Waals surface area contributed by atoms with Crippen LogP contribution in [-0.4, -0.2) is 23.9 Å². The van der Waals surface area contributed by atoms with Crippen molar-refractivity contribution in [2.24, 2.45) is 0 Å². The van der Waals surface area contributed by atoms with Crippen LogP contribution in [0.15, 0.2) is 18.2 Å². The molecule has 2 aromatic rings. The van der Waals surface area contributed by atoms with E-state index in [1.807, 2.05) is 30.8 Å². The van der Waals surface area contributed by atoms with E-state index in [-0.39, 0.29) is 6.04 Å². The molecule has 0 bridgehead atoms. The van der Waals surface area contributed by atoms with Crippen LogP contribution in [0.3, 0.4) is 0 Å². The number of aryl methyl sites for hydroxylation is 1. The van der Waals surface area contributed by atoms with Gasteiger partial charge in [-0.25, -0.2) is 4.68 Å². The van der Waals surface area contributed by atoms with Gasteiger partial charge in [-0.15, -0.1) is 0 Å². The van der Waals surface area contributed by atoms with Gasteiger partial charge in [0.25, 0.3) is 0 Å². The molecule has 2 rings (SSSR count). The van der Waals surface area contributed by atoms with Crippen molar-refractivity contribution in [2.45, 2.75) is 33.7 Å². The van der Waals surface area contributed by atoms with Gasteiger partial charge in [-0.1, -0.05) is 6.07 Å². The maximum Gasteiger partial charge on any atom is 0.125 e. The van der Waals surface area contributed by atoms with Crippen molar-refractivity contribution < 1.29 is 4.74 Å². The van der Waals surface area contributed by atoms with Gasteiger partial charge in [0, 0.05) is 17.3 Å². The maximum absolute atomic E-state index is 5.53. The predicted molar refractivity (Wildman–Crippen MR) is 81.8 cm³/mol. The molecule has 4 heteroatoms. The predicted octanol–water partition coefficient (Wildman–Crippen LogP) is 3.09. The molecule has 1 aromatic carbocycles. The number of nitrogens with one attached hydrogen (secondary N) is 1. The normalized spacial score (nSPS) is 12.5. The minimum absolute atomic E-state index is 0.186. The molecule has 20 heavy (non-hydrogen) atoms. The Morgan fingerprint density at radius 2 is 1.95 bits per heavy atom. The zero-order valence-corrected chi connectivity index (χ0v) is 13.1. The quantitative estimate of drug-likeness (QED) is 0.930. The average molecular weight is 273 g/mol. The summed E-state index contributed by atoms with van der Waals surface area (Å²) in [6, 6.07) is 6.27. The number of nitrogens with zero attached hydrogens (tertiary/aromatic N) is 2. The van der Waals surface area contributed by atoms with Crippen molar-refractivity contribution >= 4 is 0 Å². The van der Waals surface area contributed by atoms with E-state index in [0.717, 1.165) is 22.7 Å². The lowest BCUT2D eigenvalue weighted by Crippen LogP contribution is -2.17. The molecular formula is C16H23N3O. The van der Waals surface area contributed by atoms with Crippen molar-refractivity contribution in [2.75, 3.05) is 14.2 Å². The topological polar surface area (TPSA) is 39.1 Å². The van der Waals surface area contributed by atoms with Gasteiger partial charge in [0.05, 0.1) is 18.5 Å². The first-order chi connectivity index (χ1) is 9.51. The number of methoxy groups -OCH3 is 1. The Kier molecular flexibility index (Phi) is 4.14. The number of hydrogen-bond acceptors (Lipinski definition) is 3. The van der Waals surface area contributed by atoms with Crippen LogP contribution >= 0.6 is 0 Å². The van der Waals surface area contributed by atoms with Crippen molar-refractivity contribution in [1.82, 2.24) is 15.1 Å². The summed E-state index contributed by atoms with van der Waals surface area (Å²) >= 11 is 0. The van der Waals surface area contributed by atoms with Crippen LogP contribution in [0.1, 0.15) is 35.5 Å². The van der Waals surface area contributed by atoms with Gasteiger partial charge in [-0.3, -0.25) is 0 Å². The van der Waals surface area contributed by atoms with Crippen LogP contribution in [0.4, 0.5) is 0 Å². The maximum atomic E-state index is 5.53. The standard InChI is InChI=1S/C16H23N3O/c1-10-11(2)18-19(13(10)4)14-8-7-9-15(20-6)16(14)12(3)17-5/h7-9,12,17H,1-6H3. The Hall–Kier alpha value is -1.81. The van der Waals surface area contributed by atoms with Gasteiger partial charge < -0.3 is 10.1 Å². The summed E-state index contributed by atoms with van der Waals surface area (Å²) in [5, 5.41) is 7.95. The first kappa shape index (κ1) is 14.6. The fourth-order valence-electron chi connectivity index (χ4n) is 2.43. The second kappa shape index (κ2) is 5.67. The molecule has 1 unspecified atom stereocenters. The SMILES string of the molecule is CNC(C)c1c(OC)cccc1-n1nc(C)c(C)c1C. The fourth-order valence-corrected chi connectivity index (χ4v) is 2.43. The Labute approximate surface area is 120 Å². The zero-order chi connectivity index (χ0) is 14.9. The largest absolute Gasteiger partial charge is 0.496 e. The Balaban J connectivity index is 2.70. The summed E-state index contributed by atoms with van der Waals surface area (Å²) in [5.74, 6) is 0.884. The lowest BCUT2D eigenvalue weighted by atomic mass is 10.0. The Morgan fingerprint density at radius 3 is 2.45 bits per heavy atom. The smallest absolute Gasteiger partial charge is 0.125 e. The molecule has 0 saturated heterocycles. The molecule has 0 aliphatic carbocycles. The molecule has 0 spiro atoms. The van der Waals surface area contributed by atoms with E-state index < -0.39 is 0 Å². The number of rotatable bonds is 4. The van der Waals surface area contributed by atoms with Crippen molar-refractivity contribution in [3.63, 3.8) is 0 Å². The summed E-state index contributed by atoms with van der Waals surface area (Å²) in [5.41, 5.74) is 5.66. The summed E-state index contributed by atoms with van der Waals surface area (Å²) in [7, 11) is 3.66. The number of hydrogen-bond donors (Lipinski definition) is 1. The molecule has 1 N–H and O–H groups in total. The molecule has 1 atom stereocenters. The van der Waals surface area contributed by atoms with E-state index in [9.17, 15) is 0 Å². The van der Waals surface area contributed by atoms with Gasteiger partial charge in [-0.2, -0.15) is 5.10 Å². The van der Waals surface area contributed by atoms with Crippen LogP contribution in [0.5, 0.6) is 5.75 Å². The first-order valence-corrected chi connectivity index (χ1v) is 6.88. The summed E-state index contributed by atoms with van der Waals surface area (Å²) in [4.78, 5) is 0. The Morgan fingerprint density at radius 1 is 1.25 bits per heavy atom. The third-order valence-corrected chi connectivity index (χ3v) is 4.01. The van der Waals surface area contributed by atoms with Crippen molar-refractivity contribution in [1.29, 1.82) is 0 Å². The zero-order valence-electron chi connectivity index (χ0n) is 13.1. The van der Waals surface area contributed by atoms with Crippen LogP contribution in [0, 0.1) is 20.8 Å². The second-order valence-corrected chi connectivity index (χ2v) is 5.11. The molecule has 1 heterocycles. The lowest BCUT2D eigenvalue weighted by molar-refractivity contribution is 0.403. The fraction of sp³-hybridized carbons (Fsp3) is 0.438. The monoisotopic (exact) mass is 273 g/mol. The van der Waals surface area contributed by atoms with Gasteiger partial charge in [0.1, 0.15) is 5.75 Å². The van der Waals surface area contributed by atoms with E-state index >= 15 is 0 Å². The molecule has 0 aliphatic heterocycles. The van der Waals surface area contributed by atoms with E-state index in [0.29, 0.717) is 0 Å². The van der Waals surface area contributed by atoms with E-state index in [2.05, 4.69) is 37.3 Å².